The summed E-state index contributed by atoms with van der Waals surface area (Å²) in [5.74, 6) is 0. The summed E-state index contributed by atoms with van der Waals surface area (Å²) in [6.45, 7) is 0. The van der Waals surface area contributed by atoms with Crippen LogP contribution < -0.4 is 5.32 Å². The average Bonchev–Trinajstić information content (AvgIpc) is 2.94. The predicted octanol–water partition coefficient (Wildman–Crippen LogP) is 3.61. The quantitative estimate of drug-likeness (QED) is 0.772. The van der Waals surface area contributed by atoms with E-state index in [0.717, 1.165) is 5.01 Å². The van der Waals surface area contributed by atoms with Crippen molar-refractivity contribution in [3.8, 4) is 0 Å². The first-order chi connectivity index (χ1) is 8.90. The van der Waals surface area contributed by atoms with E-state index in [2.05, 4.69) is 52.8 Å². The van der Waals surface area contributed by atoms with Crippen molar-refractivity contribution in [3.63, 3.8) is 0 Å². The molecule has 18 heavy (non-hydrogen) atoms. The Balaban J connectivity index is 2.18. The molecule has 1 aromatic heterocycles. The summed E-state index contributed by atoms with van der Waals surface area (Å²) in [7, 11) is 1.98. The van der Waals surface area contributed by atoms with Gasteiger partial charge in [0.2, 0.25) is 0 Å². The molecule has 0 aliphatic rings. The van der Waals surface area contributed by atoms with Gasteiger partial charge in [0.05, 0.1) is 6.04 Å². The van der Waals surface area contributed by atoms with Crippen LogP contribution in [0.3, 0.4) is 0 Å². The fourth-order valence-corrected chi connectivity index (χ4v) is 3.05. The maximum Gasteiger partial charge on any atom is 0.114 e. The zero-order chi connectivity index (χ0) is 12.4. The first kappa shape index (κ1) is 11.4. The Hall–Kier alpha value is -1.71. The Labute approximate surface area is 110 Å². The van der Waals surface area contributed by atoms with Gasteiger partial charge in [0, 0.05) is 11.6 Å². The second kappa shape index (κ2) is 4.88. The summed E-state index contributed by atoms with van der Waals surface area (Å²) >= 11 is 1.69. The molecule has 0 bridgehead atoms. The van der Waals surface area contributed by atoms with E-state index in [1.807, 2.05) is 18.6 Å². The Morgan fingerprint density at radius 2 is 1.94 bits per heavy atom. The van der Waals surface area contributed by atoms with Crippen molar-refractivity contribution < 1.29 is 0 Å². The van der Waals surface area contributed by atoms with Gasteiger partial charge >= 0.3 is 0 Å². The fourth-order valence-electron chi connectivity index (χ4n) is 2.29. The molecular weight excluding hydrogens is 240 g/mol. The molecular formula is C15H14N2S. The first-order valence-electron chi connectivity index (χ1n) is 5.94. The van der Waals surface area contributed by atoms with Crippen molar-refractivity contribution in [3.05, 3.63) is 64.6 Å². The van der Waals surface area contributed by atoms with E-state index < -0.39 is 0 Å². The normalized spacial score (nSPS) is 12.7. The molecule has 0 amide bonds. The monoisotopic (exact) mass is 254 g/mol. The fraction of sp³-hybridized carbons (Fsp3) is 0.133. The highest BCUT2D eigenvalue weighted by atomic mass is 32.1. The molecule has 0 saturated heterocycles. The standard InChI is InChI=1S/C15H14N2S/c1-16-14(15-17-9-10-18-15)13-8-4-6-11-5-2-3-7-12(11)13/h2-10,14,16H,1H3. The molecule has 3 heteroatoms. The van der Waals surface area contributed by atoms with Crippen molar-refractivity contribution in [2.24, 2.45) is 0 Å². The number of benzene rings is 2. The summed E-state index contributed by atoms with van der Waals surface area (Å²) in [5, 5.41) is 9.04. The molecule has 0 aliphatic carbocycles. The van der Waals surface area contributed by atoms with E-state index in [1.165, 1.54) is 16.3 Å². The van der Waals surface area contributed by atoms with Crippen LogP contribution in [0, 0.1) is 0 Å². The van der Waals surface area contributed by atoms with Crippen LogP contribution in [0.15, 0.2) is 54.0 Å². The molecule has 1 atom stereocenters. The largest absolute Gasteiger partial charge is 0.307 e. The van der Waals surface area contributed by atoms with Crippen molar-refractivity contribution in [1.29, 1.82) is 0 Å². The van der Waals surface area contributed by atoms with Gasteiger partial charge < -0.3 is 5.32 Å². The van der Waals surface area contributed by atoms with Crippen LogP contribution in [0.2, 0.25) is 0 Å². The summed E-state index contributed by atoms with van der Waals surface area (Å²) in [6.07, 6.45) is 1.86. The van der Waals surface area contributed by atoms with Crippen LogP contribution in [0.25, 0.3) is 10.8 Å². The van der Waals surface area contributed by atoms with Gasteiger partial charge in [-0.15, -0.1) is 11.3 Å². The van der Waals surface area contributed by atoms with E-state index in [4.69, 9.17) is 0 Å². The molecule has 3 aromatic rings. The third kappa shape index (κ3) is 1.92. The number of nitrogens with one attached hydrogen (secondary N) is 1. The Bertz CT molecular complexity index is 641. The minimum Gasteiger partial charge on any atom is -0.307 e. The number of nitrogens with zero attached hydrogens (tertiary/aromatic N) is 1. The lowest BCUT2D eigenvalue weighted by atomic mass is 9.99. The highest BCUT2D eigenvalue weighted by Gasteiger charge is 2.16. The van der Waals surface area contributed by atoms with Crippen molar-refractivity contribution >= 4 is 22.1 Å². The van der Waals surface area contributed by atoms with Gasteiger partial charge in [0.25, 0.3) is 0 Å². The van der Waals surface area contributed by atoms with Crippen molar-refractivity contribution in [2.75, 3.05) is 7.05 Å². The minimum absolute atomic E-state index is 0.163. The van der Waals surface area contributed by atoms with Gasteiger partial charge in [-0.05, 0) is 23.4 Å². The van der Waals surface area contributed by atoms with Gasteiger partial charge in [0.1, 0.15) is 5.01 Å². The van der Waals surface area contributed by atoms with Gasteiger partial charge in [-0.3, -0.25) is 0 Å². The molecule has 0 aliphatic heterocycles. The van der Waals surface area contributed by atoms with Crippen molar-refractivity contribution in [2.45, 2.75) is 6.04 Å². The number of aromatic nitrogens is 1. The van der Waals surface area contributed by atoms with E-state index in [0.29, 0.717) is 0 Å². The highest BCUT2D eigenvalue weighted by Crippen LogP contribution is 2.29. The van der Waals surface area contributed by atoms with Crippen LogP contribution in [0.5, 0.6) is 0 Å². The third-order valence-corrected chi connectivity index (χ3v) is 3.96. The lowest BCUT2D eigenvalue weighted by Crippen LogP contribution is -2.17. The molecule has 1 N–H and O–H groups in total. The topological polar surface area (TPSA) is 24.9 Å². The number of hydrogen-bond donors (Lipinski definition) is 1. The molecule has 0 radical (unpaired) electrons. The second-order valence-electron chi connectivity index (χ2n) is 4.16. The molecule has 90 valence electrons. The van der Waals surface area contributed by atoms with Crippen LogP contribution in [-0.4, -0.2) is 12.0 Å². The van der Waals surface area contributed by atoms with E-state index in [9.17, 15) is 0 Å². The molecule has 1 unspecified atom stereocenters. The van der Waals surface area contributed by atoms with E-state index in [-0.39, 0.29) is 6.04 Å². The molecule has 0 fully saturated rings. The van der Waals surface area contributed by atoms with Crippen LogP contribution >= 0.6 is 11.3 Å². The van der Waals surface area contributed by atoms with Gasteiger partial charge in [-0.2, -0.15) is 0 Å². The Kier molecular flexibility index (Phi) is 3.09. The first-order valence-corrected chi connectivity index (χ1v) is 6.82. The smallest absolute Gasteiger partial charge is 0.114 e. The molecule has 2 aromatic carbocycles. The summed E-state index contributed by atoms with van der Waals surface area (Å²) < 4.78 is 0. The zero-order valence-corrected chi connectivity index (χ0v) is 10.9. The van der Waals surface area contributed by atoms with E-state index >= 15 is 0 Å². The molecule has 0 saturated carbocycles. The zero-order valence-electron chi connectivity index (χ0n) is 10.1. The van der Waals surface area contributed by atoms with E-state index in [1.54, 1.807) is 11.3 Å². The second-order valence-corrected chi connectivity index (χ2v) is 5.09. The third-order valence-electron chi connectivity index (χ3n) is 3.12. The molecule has 3 rings (SSSR count). The van der Waals surface area contributed by atoms with Gasteiger partial charge in [-0.25, -0.2) is 4.98 Å². The lowest BCUT2D eigenvalue weighted by molar-refractivity contribution is 0.691. The number of fused-ring (bicyclic) bond motifs is 1. The van der Waals surface area contributed by atoms with Crippen LogP contribution in [-0.2, 0) is 0 Å². The summed E-state index contributed by atoms with van der Waals surface area (Å²) in [4.78, 5) is 4.43. The summed E-state index contributed by atoms with van der Waals surface area (Å²) in [5.41, 5.74) is 1.28. The molecule has 1 heterocycles. The molecule has 2 nitrogen and oxygen atoms in total. The number of thiazole rings is 1. The SMILES string of the molecule is CNC(c1nccs1)c1cccc2ccccc12. The average molecular weight is 254 g/mol. The van der Waals surface area contributed by atoms with Gasteiger partial charge in [-0.1, -0.05) is 42.5 Å². The summed E-state index contributed by atoms with van der Waals surface area (Å²) in [6, 6.07) is 15.1. The predicted molar refractivity (Wildman–Crippen MR) is 77.0 cm³/mol. The van der Waals surface area contributed by atoms with Crippen LogP contribution in [0.4, 0.5) is 0 Å². The lowest BCUT2D eigenvalue weighted by Gasteiger charge is -2.16. The van der Waals surface area contributed by atoms with Gasteiger partial charge in [0.15, 0.2) is 0 Å². The Morgan fingerprint density at radius 3 is 2.72 bits per heavy atom. The highest BCUT2D eigenvalue weighted by molar-refractivity contribution is 7.09. The number of rotatable bonds is 3. The number of hydrogen-bond acceptors (Lipinski definition) is 3. The molecule has 0 spiro atoms. The Morgan fingerprint density at radius 1 is 1.11 bits per heavy atom. The minimum atomic E-state index is 0.163. The van der Waals surface area contributed by atoms with Crippen LogP contribution in [0.1, 0.15) is 16.6 Å². The maximum atomic E-state index is 4.43. The maximum absolute atomic E-state index is 4.43. The van der Waals surface area contributed by atoms with Crippen molar-refractivity contribution in [1.82, 2.24) is 10.3 Å².